The number of carbonyl (C=O) groups is 2. The predicted octanol–water partition coefficient (Wildman–Crippen LogP) is 2.74. The summed E-state index contributed by atoms with van der Waals surface area (Å²) in [6.07, 6.45) is 0. The summed E-state index contributed by atoms with van der Waals surface area (Å²) >= 11 is 6.23. The molecule has 142 valence electrons. The Kier molecular flexibility index (Phi) is 5.86. The minimum Gasteiger partial charge on any atom is -0.452 e. The van der Waals surface area contributed by atoms with E-state index in [1.54, 1.807) is 17.0 Å². The summed E-state index contributed by atoms with van der Waals surface area (Å²) < 4.78 is 5.16. The molecule has 7 heteroatoms. The lowest BCUT2D eigenvalue weighted by molar-refractivity contribution is -0.134. The standard InChI is InChI=1S/C20H22ClN3O3/c1-14-5-4-6-15(19(14)22)20(26)27-13-18(25)24-11-9-23(10-12-24)17-8-3-2-7-16(17)21/h2-8H,9-13,22H2,1H3. The second kappa shape index (κ2) is 8.31. The topological polar surface area (TPSA) is 75.9 Å². The normalized spacial score (nSPS) is 14.1. The van der Waals surface area contributed by atoms with E-state index in [2.05, 4.69) is 4.90 Å². The maximum atomic E-state index is 12.4. The summed E-state index contributed by atoms with van der Waals surface area (Å²) in [6, 6.07) is 12.8. The van der Waals surface area contributed by atoms with Crippen molar-refractivity contribution in [3.05, 3.63) is 58.6 Å². The number of benzene rings is 2. The van der Waals surface area contributed by atoms with E-state index < -0.39 is 5.97 Å². The molecule has 0 spiro atoms. The number of amides is 1. The van der Waals surface area contributed by atoms with Crippen molar-refractivity contribution < 1.29 is 14.3 Å². The number of anilines is 2. The Morgan fingerprint density at radius 1 is 1.07 bits per heavy atom. The minimum atomic E-state index is -0.584. The van der Waals surface area contributed by atoms with E-state index in [1.165, 1.54) is 0 Å². The number of rotatable bonds is 4. The first kappa shape index (κ1) is 19.0. The Balaban J connectivity index is 1.52. The van der Waals surface area contributed by atoms with Gasteiger partial charge in [-0.05, 0) is 30.7 Å². The molecule has 27 heavy (non-hydrogen) atoms. The molecule has 0 saturated carbocycles. The lowest BCUT2D eigenvalue weighted by atomic mass is 10.1. The summed E-state index contributed by atoms with van der Waals surface area (Å²) in [5.41, 5.74) is 8.33. The Morgan fingerprint density at radius 2 is 1.78 bits per heavy atom. The smallest absolute Gasteiger partial charge is 0.340 e. The minimum absolute atomic E-state index is 0.214. The van der Waals surface area contributed by atoms with Crippen molar-refractivity contribution in [1.82, 2.24) is 4.90 Å². The van der Waals surface area contributed by atoms with Crippen LogP contribution in [-0.2, 0) is 9.53 Å². The third kappa shape index (κ3) is 4.34. The number of hydrogen-bond acceptors (Lipinski definition) is 5. The Hall–Kier alpha value is -2.73. The molecule has 0 unspecified atom stereocenters. The van der Waals surface area contributed by atoms with Crippen LogP contribution in [0.1, 0.15) is 15.9 Å². The number of carbonyl (C=O) groups excluding carboxylic acids is 2. The molecule has 2 aromatic rings. The second-order valence-electron chi connectivity index (χ2n) is 6.43. The van der Waals surface area contributed by atoms with Gasteiger partial charge in [0.2, 0.25) is 0 Å². The van der Waals surface area contributed by atoms with Crippen molar-refractivity contribution >= 4 is 34.9 Å². The molecule has 0 radical (unpaired) electrons. The van der Waals surface area contributed by atoms with Gasteiger partial charge in [0.15, 0.2) is 6.61 Å². The highest BCUT2D eigenvalue weighted by molar-refractivity contribution is 6.33. The highest BCUT2D eigenvalue weighted by atomic mass is 35.5. The first-order valence-corrected chi connectivity index (χ1v) is 9.14. The van der Waals surface area contributed by atoms with Crippen LogP contribution in [0.5, 0.6) is 0 Å². The number of aryl methyl sites for hydroxylation is 1. The molecule has 1 aliphatic heterocycles. The Labute approximate surface area is 163 Å². The molecular weight excluding hydrogens is 366 g/mol. The zero-order chi connectivity index (χ0) is 19.4. The Bertz CT molecular complexity index is 848. The van der Waals surface area contributed by atoms with Crippen LogP contribution >= 0.6 is 11.6 Å². The van der Waals surface area contributed by atoms with Gasteiger partial charge < -0.3 is 20.3 Å². The van der Waals surface area contributed by atoms with Gasteiger partial charge in [-0.3, -0.25) is 4.79 Å². The fourth-order valence-corrected chi connectivity index (χ4v) is 3.32. The average Bonchev–Trinajstić information content (AvgIpc) is 2.68. The number of piperazine rings is 1. The van der Waals surface area contributed by atoms with Crippen LogP contribution in [0.3, 0.4) is 0 Å². The van der Waals surface area contributed by atoms with Crippen LogP contribution in [-0.4, -0.2) is 49.6 Å². The number of nitrogens with zero attached hydrogens (tertiary/aromatic N) is 2. The first-order chi connectivity index (χ1) is 13.0. The molecule has 0 aromatic heterocycles. The van der Waals surface area contributed by atoms with E-state index in [1.807, 2.05) is 37.3 Å². The van der Waals surface area contributed by atoms with Gasteiger partial charge in [0, 0.05) is 31.9 Å². The van der Waals surface area contributed by atoms with Crippen LogP contribution in [0, 0.1) is 6.92 Å². The number of ether oxygens (including phenoxy) is 1. The van der Waals surface area contributed by atoms with Crippen LogP contribution in [0.4, 0.5) is 11.4 Å². The molecule has 1 aliphatic rings. The van der Waals surface area contributed by atoms with Crippen molar-refractivity contribution in [3.63, 3.8) is 0 Å². The van der Waals surface area contributed by atoms with Crippen LogP contribution in [0.25, 0.3) is 0 Å². The molecule has 0 atom stereocenters. The first-order valence-electron chi connectivity index (χ1n) is 8.77. The third-order valence-corrected chi connectivity index (χ3v) is 5.02. The molecule has 1 fully saturated rings. The van der Waals surface area contributed by atoms with E-state index in [9.17, 15) is 9.59 Å². The molecule has 0 bridgehead atoms. The fraction of sp³-hybridized carbons (Fsp3) is 0.300. The highest BCUT2D eigenvalue weighted by Gasteiger charge is 2.23. The molecule has 2 N–H and O–H groups in total. The zero-order valence-electron chi connectivity index (χ0n) is 15.2. The molecule has 1 heterocycles. The van der Waals surface area contributed by atoms with Gasteiger partial charge in [-0.15, -0.1) is 0 Å². The van der Waals surface area contributed by atoms with Crippen LogP contribution < -0.4 is 10.6 Å². The van der Waals surface area contributed by atoms with Crippen molar-refractivity contribution in [2.45, 2.75) is 6.92 Å². The number of halogens is 1. The summed E-state index contributed by atoms with van der Waals surface area (Å²) in [5.74, 6) is -0.798. The number of nitrogens with two attached hydrogens (primary N) is 1. The van der Waals surface area contributed by atoms with E-state index in [-0.39, 0.29) is 18.1 Å². The summed E-state index contributed by atoms with van der Waals surface area (Å²) in [7, 11) is 0. The number of para-hydroxylation sites is 2. The van der Waals surface area contributed by atoms with Crippen molar-refractivity contribution in [2.75, 3.05) is 43.4 Å². The summed E-state index contributed by atoms with van der Waals surface area (Å²) in [6.45, 7) is 3.97. The molecule has 2 aromatic carbocycles. The molecule has 1 amide bonds. The molecule has 1 saturated heterocycles. The van der Waals surface area contributed by atoms with E-state index in [0.717, 1.165) is 11.3 Å². The van der Waals surface area contributed by atoms with Gasteiger partial charge in [0.05, 0.1) is 16.3 Å². The lowest BCUT2D eigenvalue weighted by Crippen LogP contribution is -2.50. The van der Waals surface area contributed by atoms with Gasteiger partial charge in [0.1, 0.15) is 0 Å². The molecule has 0 aliphatic carbocycles. The SMILES string of the molecule is Cc1cccc(C(=O)OCC(=O)N2CCN(c3ccccc3Cl)CC2)c1N. The Morgan fingerprint density at radius 3 is 2.48 bits per heavy atom. The van der Waals surface area contributed by atoms with Crippen molar-refractivity contribution in [2.24, 2.45) is 0 Å². The van der Waals surface area contributed by atoms with Crippen molar-refractivity contribution in [3.8, 4) is 0 Å². The van der Waals surface area contributed by atoms with E-state index in [4.69, 9.17) is 22.1 Å². The largest absolute Gasteiger partial charge is 0.452 e. The molecular formula is C20H22ClN3O3. The number of nitrogen functional groups attached to an aromatic ring is 1. The van der Waals surface area contributed by atoms with E-state index in [0.29, 0.717) is 36.9 Å². The van der Waals surface area contributed by atoms with Gasteiger partial charge in [-0.25, -0.2) is 4.79 Å². The van der Waals surface area contributed by atoms with Crippen LogP contribution in [0.2, 0.25) is 5.02 Å². The number of hydrogen-bond donors (Lipinski definition) is 1. The lowest BCUT2D eigenvalue weighted by Gasteiger charge is -2.36. The number of esters is 1. The van der Waals surface area contributed by atoms with Crippen molar-refractivity contribution in [1.29, 1.82) is 0 Å². The van der Waals surface area contributed by atoms with Gasteiger partial charge in [-0.2, -0.15) is 0 Å². The third-order valence-electron chi connectivity index (χ3n) is 4.70. The van der Waals surface area contributed by atoms with Gasteiger partial charge >= 0.3 is 5.97 Å². The second-order valence-corrected chi connectivity index (χ2v) is 6.84. The maximum absolute atomic E-state index is 12.4. The quantitative estimate of drug-likeness (QED) is 0.644. The summed E-state index contributed by atoms with van der Waals surface area (Å²) in [5, 5.41) is 0.696. The highest BCUT2D eigenvalue weighted by Crippen LogP contribution is 2.26. The predicted molar refractivity (Wildman–Crippen MR) is 106 cm³/mol. The zero-order valence-corrected chi connectivity index (χ0v) is 15.9. The maximum Gasteiger partial charge on any atom is 0.340 e. The van der Waals surface area contributed by atoms with Gasteiger partial charge in [-0.1, -0.05) is 35.9 Å². The fourth-order valence-electron chi connectivity index (χ4n) is 3.06. The summed E-state index contributed by atoms with van der Waals surface area (Å²) in [4.78, 5) is 28.4. The van der Waals surface area contributed by atoms with Gasteiger partial charge in [0.25, 0.3) is 5.91 Å². The average molecular weight is 388 g/mol. The molecule has 6 nitrogen and oxygen atoms in total. The van der Waals surface area contributed by atoms with E-state index >= 15 is 0 Å². The monoisotopic (exact) mass is 387 g/mol. The molecule has 3 rings (SSSR count). The van der Waals surface area contributed by atoms with Crippen LogP contribution in [0.15, 0.2) is 42.5 Å².